The van der Waals surface area contributed by atoms with Crippen molar-refractivity contribution in [2.75, 3.05) is 13.1 Å². The SMILES string of the molecule is CC(CCc1ccccc1)NC(=O)Cc1ccc(S(=O)(=O)N2CCCCC2)cc1. The highest BCUT2D eigenvalue weighted by Gasteiger charge is 2.25. The standard InChI is InChI=1S/C23H30N2O3S/c1-19(10-11-20-8-4-2-5-9-20)24-23(26)18-21-12-14-22(15-13-21)29(27,28)25-16-6-3-7-17-25/h2,4-5,8-9,12-15,19H,3,6-7,10-11,16-18H2,1H3,(H,24,26). The highest BCUT2D eigenvalue weighted by atomic mass is 32.2. The molecule has 0 aliphatic carbocycles. The molecule has 156 valence electrons. The van der Waals surface area contributed by atoms with Gasteiger partial charge in [0.1, 0.15) is 0 Å². The number of carbonyl (C=O) groups excluding carboxylic acids is 1. The Balaban J connectivity index is 1.50. The van der Waals surface area contributed by atoms with Gasteiger partial charge >= 0.3 is 0 Å². The van der Waals surface area contributed by atoms with Crippen molar-refractivity contribution >= 4 is 15.9 Å². The fraction of sp³-hybridized carbons (Fsp3) is 0.435. The quantitative estimate of drug-likeness (QED) is 0.718. The fourth-order valence-corrected chi connectivity index (χ4v) is 5.16. The molecule has 0 spiro atoms. The summed E-state index contributed by atoms with van der Waals surface area (Å²) in [5.74, 6) is -0.0443. The summed E-state index contributed by atoms with van der Waals surface area (Å²) in [6.45, 7) is 3.19. The third-order valence-electron chi connectivity index (χ3n) is 5.36. The van der Waals surface area contributed by atoms with Gasteiger partial charge in [-0.1, -0.05) is 48.9 Å². The molecular formula is C23H30N2O3S. The Labute approximate surface area is 174 Å². The largest absolute Gasteiger partial charge is 0.353 e. The van der Waals surface area contributed by atoms with Crippen LogP contribution in [-0.2, 0) is 27.7 Å². The number of rotatable bonds is 8. The van der Waals surface area contributed by atoms with Crippen molar-refractivity contribution in [2.24, 2.45) is 0 Å². The molecule has 0 bridgehead atoms. The highest BCUT2D eigenvalue weighted by Crippen LogP contribution is 2.21. The van der Waals surface area contributed by atoms with E-state index >= 15 is 0 Å². The second kappa shape index (κ2) is 10.0. The number of benzene rings is 2. The zero-order valence-electron chi connectivity index (χ0n) is 17.0. The minimum absolute atomic E-state index is 0.0443. The average molecular weight is 415 g/mol. The van der Waals surface area contributed by atoms with Gasteiger partial charge in [0.05, 0.1) is 11.3 Å². The first-order valence-electron chi connectivity index (χ1n) is 10.4. The maximum absolute atomic E-state index is 12.7. The molecule has 0 radical (unpaired) electrons. The van der Waals surface area contributed by atoms with Gasteiger partial charge in [-0.2, -0.15) is 4.31 Å². The molecule has 29 heavy (non-hydrogen) atoms. The van der Waals surface area contributed by atoms with E-state index in [1.165, 1.54) is 5.56 Å². The molecule has 1 aliphatic heterocycles. The molecule has 1 amide bonds. The number of hydrogen-bond donors (Lipinski definition) is 1. The van der Waals surface area contributed by atoms with Crippen molar-refractivity contribution < 1.29 is 13.2 Å². The zero-order valence-corrected chi connectivity index (χ0v) is 17.8. The van der Waals surface area contributed by atoms with Gasteiger partial charge in [-0.05, 0) is 55.9 Å². The Bertz CT molecular complexity index is 889. The van der Waals surface area contributed by atoms with E-state index in [0.717, 1.165) is 37.7 Å². The molecule has 1 aliphatic rings. The van der Waals surface area contributed by atoms with Crippen LogP contribution >= 0.6 is 0 Å². The summed E-state index contributed by atoms with van der Waals surface area (Å²) in [6.07, 6.45) is 4.97. The lowest BCUT2D eigenvalue weighted by Crippen LogP contribution is -2.35. The van der Waals surface area contributed by atoms with Gasteiger partial charge in [0.2, 0.25) is 15.9 Å². The molecule has 1 fully saturated rings. The molecule has 2 aromatic rings. The summed E-state index contributed by atoms with van der Waals surface area (Å²) in [5.41, 5.74) is 2.08. The lowest BCUT2D eigenvalue weighted by atomic mass is 10.1. The third kappa shape index (κ3) is 6.15. The molecule has 5 nitrogen and oxygen atoms in total. The highest BCUT2D eigenvalue weighted by molar-refractivity contribution is 7.89. The van der Waals surface area contributed by atoms with Crippen LogP contribution in [0.15, 0.2) is 59.5 Å². The Morgan fingerprint density at radius 1 is 0.966 bits per heavy atom. The molecule has 3 rings (SSSR count). The van der Waals surface area contributed by atoms with Crippen LogP contribution in [0.2, 0.25) is 0 Å². The van der Waals surface area contributed by atoms with Gasteiger partial charge in [-0.3, -0.25) is 4.79 Å². The van der Waals surface area contributed by atoms with Gasteiger partial charge in [0.15, 0.2) is 0 Å². The van der Waals surface area contributed by atoms with E-state index < -0.39 is 10.0 Å². The summed E-state index contributed by atoms with van der Waals surface area (Å²) >= 11 is 0. The van der Waals surface area contributed by atoms with E-state index in [4.69, 9.17) is 0 Å². The summed E-state index contributed by atoms with van der Waals surface area (Å²) in [4.78, 5) is 12.6. The molecular weight excluding hydrogens is 384 g/mol. The van der Waals surface area contributed by atoms with Crippen LogP contribution in [0, 0.1) is 0 Å². The summed E-state index contributed by atoms with van der Waals surface area (Å²) in [7, 11) is -3.43. The van der Waals surface area contributed by atoms with Crippen molar-refractivity contribution in [1.29, 1.82) is 0 Å². The first kappa shape index (κ1) is 21.5. The lowest BCUT2D eigenvalue weighted by molar-refractivity contribution is -0.121. The van der Waals surface area contributed by atoms with Crippen molar-refractivity contribution in [3.8, 4) is 0 Å². The predicted molar refractivity (Wildman–Crippen MR) is 115 cm³/mol. The van der Waals surface area contributed by atoms with E-state index in [9.17, 15) is 13.2 Å². The summed E-state index contributed by atoms with van der Waals surface area (Å²) < 4.78 is 27.0. The van der Waals surface area contributed by atoms with Gasteiger partial charge < -0.3 is 5.32 Å². The van der Waals surface area contributed by atoms with Gasteiger partial charge in [-0.25, -0.2) is 8.42 Å². The second-order valence-corrected chi connectivity index (χ2v) is 9.72. The first-order valence-corrected chi connectivity index (χ1v) is 11.8. The van der Waals surface area contributed by atoms with Crippen molar-refractivity contribution in [3.63, 3.8) is 0 Å². The molecule has 1 heterocycles. The van der Waals surface area contributed by atoms with E-state index in [1.54, 1.807) is 28.6 Å². The smallest absolute Gasteiger partial charge is 0.243 e. The topological polar surface area (TPSA) is 66.5 Å². The molecule has 0 aromatic heterocycles. The maximum Gasteiger partial charge on any atom is 0.243 e. The minimum atomic E-state index is -3.43. The van der Waals surface area contributed by atoms with Crippen LogP contribution < -0.4 is 5.32 Å². The van der Waals surface area contributed by atoms with E-state index in [-0.39, 0.29) is 18.4 Å². The average Bonchev–Trinajstić information content (AvgIpc) is 2.74. The van der Waals surface area contributed by atoms with E-state index in [1.807, 2.05) is 25.1 Å². The number of nitrogens with zero attached hydrogens (tertiary/aromatic N) is 1. The number of sulfonamides is 1. The molecule has 1 unspecified atom stereocenters. The monoisotopic (exact) mass is 414 g/mol. The Morgan fingerprint density at radius 2 is 1.62 bits per heavy atom. The Hall–Kier alpha value is -2.18. The minimum Gasteiger partial charge on any atom is -0.353 e. The van der Waals surface area contributed by atoms with E-state index in [2.05, 4.69) is 17.4 Å². The molecule has 0 saturated carbocycles. The number of hydrogen-bond acceptors (Lipinski definition) is 3. The fourth-order valence-electron chi connectivity index (χ4n) is 3.64. The third-order valence-corrected chi connectivity index (χ3v) is 7.27. The van der Waals surface area contributed by atoms with Gasteiger partial charge in [0, 0.05) is 19.1 Å². The van der Waals surface area contributed by atoms with Crippen LogP contribution in [0.3, 0.4) is 0 Å². The summed E-state index contributed by atoms with van der Waals surface area (Å²) in [6, 6.07) is 17.0. The van der Waals surface area contributed by atoms with Crippen LogP contribution in [0.4, 0.5) is 0 Å². The predicted octanol–water partition coefficient (Wildman–Crippen LogP) is 3.54. The van der Waals surface area contributed by atoms with Crippen LogP contribution in [0.25, 0.3) is 0 Å². The lowest BCUT2D eigenvalue weighted by Gasteiger charge is -2.25. The molecule has 6 heteroatoms. The Kier molecular flexibility index (Phi) is 7.45. The van der Waals surface area contributed by atoms with Crippen molar-refractivity contribution in [2.45, 2.75) is 56.4 Å². The molecule has 2 aromatic carbocycles. The van der Waals surface area contributed by atoms with Crippen LogP contribution in [0.5, 0.6) is 0 Å². The van der Waals surface area contributed by atoms with Crippen molar-refractivity contribution in [3.05, 3.63) is 65.7 Å². The normalized spacial score (nSPS) is 16.3. The Morgan fingerprint density at radius 3 is 2.28 bits per heavy atom. The number of nitrogens with one attached hydrogen (secondary N) is 1. The number of piperidine rings is 1. The maximum atomic E-state index is 12.7. The number of carbonyl (C=O) groups is 1. The number of amides is 1. The van der Waals surface area contributed by atoms with Crippen LogP contribution in [0.1, 0.15) is 43.7 Å². The van der Waals surface area contributed by atoms with Crippen LogP contribution in [-0.4, -0.2) is 37.8 Å². The molecule has 1 N–H and O–H groups in total. The summed E-state index contributed by atoms with van der Waals surface area (Å²) in [5, 5.41) is 3.03. The van der Waals surface area contributed by atoms with Gasteiger partial charge in [-0.15, -0.1) is 0 Å². The first-order chi connectivity index (χ1) is 13.9. The van der Waals surface area contributed by atoms with Gasteiger partial charge in [0.25, 0.3) is 0 Å². The zero-order chi connectivity index (χ0) is 20.7. The van der Waals surface area contributed by atoms with Crippen molar-refractivity contribution in [1.82, 2.24) is 9.62 Å². The van der Waals surface area contributed by atoms with E-state index in [0.29, 0.717) is 18.0 Å². The second-order valence-electron chi connectivity index (χ2n) is 7.78. The molecule has 1 atom stereocenters. The number of aryl methyl sites for hydroxylation is 1. The molecule has 1 saturated heterocycles.